The lowest BCUT2D eigenvalue weighted by Crippen LogP contribution is -2.48. The largest absolute Gasteiger partial charge is 0.466 e. The lowest BCUT2D eigenvalue weighted by Gasteiger charge is -2.34. The number of esters is 1. The predicted octanol–water partition coefficient (Wildman–Crippen LogP) is 1.92. The van der Waals surface area contributed by atoms with Gasteiger partial charge in [-0.25, -0.2) is 8.42 Å². The molecule has 0 N–H and O–H groups in total. The third-order valence-electron chi connectivity index (χ3n) is 3.64. The van der Waals surface area contributed by atoms with Gasteiger partial charge in [0.15, 0.2) is 9.84 Å². The molecule has 1 rings (SSSR count). The smallest absolute Gasteiger partial charge is 0.305 e. The van der Waals surface area contributed by atoms with E-state index < -0.39 is 9.84 Å². The Kier molecular flexibility index (Phi) is 8.66. The highest BCUT2D eigenvalue weighted by molar-refractivity contribution is 8.01. The zero-order valence-corrected chi connectivity index (χ0v) is 14.7. The third-order valence-corrected chi connectivity index (χ3v) is 6.97. The van der Waals surface area contributed by atoms with Crippen LogP contribution in [0.15, 0.2) is 0 Å². The summed E-state index contributed by atoms with van der Waals surface area (Å²) in [5.41, 5.74) is 0. The second-order valence-corrected chi connectivity index (χ2v) is 8.73. The van der Waals surface area contributed by atoms with E-state index in [4.69, 9.17) is 4.74 Å². The van der Waals surface area contributed by atoms with Gasteiger partial charge in [0.2, 0.25) is 0 Å². The molecule has 1 atom stereocenters. The minimum absolute atomic E-state index is 0.140. The van der Waals surface area contributed by atoms with Crippen molar-refractivity contribution in [3.63, 3.8) is 0 Å². The summed E-state index contributed by atoms with van der Waals surface area (Å²) in [7, 11) is -3.00. The zero-order valence-electron chi connectivity index (χ0n) is 13.0. The molecular weight excluding hydrogens is 310 g/mol. The van der Waals surface area contributed by atoms with Crippen molar-refractivity contribution in [1.29, 1.82) is 0 Å². The number of rotatable bonds is 9. The Morgan fingerprint density at radius 3 is 2.71 bits per heavy atom. The molecule has 1 aliphatic rings. The molecule has 0 amide bonds. The minimum Gasteiger partial charge on any atom is -0.466 e. The van der Waals surface area contributed by atoms with Gasteiger partial charge in [0, 0.05) is 30.2 Å². The normalized spacial score (nSPS) is 20.4. The highest BCUT2D eigenvalue weighted by atomic mass is 32.2. The minimum atomic E-state index is -3.00. The van der Waals surface area contributed by atoms with E-state index in [2.05, 4.69) is 4.90 Å². The number of sulfone groups is 1. The van der Waals surface area contributed by atoms with E-state index in [-0.39, 0.29) is 17.1 Å². The Morgan fingerprint density at radius 2 is 2.05 bits per heavy atom. The fourth-order valence-electron chi connectivity index (χ4n) is 2.39. The zero-order chi connectivity index (χ0) is 15.7. The highest BCUT2D eigenvalue weighted by Gasteiger charge is 2.32. The van der Waals surface area contributed by atoms with Gasteiger partial charge in [0.05, 0.1) is 6.61 Å². The summed E-state index contributed by atoms with van der Waals surface area (Å²) in [6.07, 6.45) is 3.13. The average molecular weight is 338 g/mol. The second kappa shape index (κ2) is 9.69. The first kappa shape index (κ1) is 18.8. The molecule has 1 unspecified atom stereocenters. The van der Waals surface area contributed by atoms with Crippen molar-refractivity contribution in [2.24, 2.45) is 0 Å². The molecule has 21 heavy (non-hydrogen) atoms. The molecule has 0 aromatic rings. The molecule has 1 heterocycles. The molecule has 1 aliphatic heterocycles. The molecule has 1 fully saturated rings. The molecule has 0 aromatic heterocycles. The van der Waals surface area contributed by atoms with Gasteiger partial charge in [-0.15, -0.1) is 0 Å². The molecule has 0 aliphatic carbocycles. The lowest BCUT2D eigenvalue weighted by atomic mass is 10.2. The number of carbonyl (C=O) groups excluding carboxylic acids is 1. The van der Waals surface area contributed by atoms with Gasteiger partial charge >= 0.3 is 5.97 Å². The first-order valence-corrected chi connectivity index (χ1v) is 10.6. The maximum atomic E-state index is 12.1. The maximum absolute atomic E-state index is 12.1. The van der Waals surface area contributed by atoms with Crippen LogP contribution in [0.25, 0.3) is 0 Å². The summed E-state index contributed by atoms with van der Waals surface area (Å²) in [6.45, 7) is 5.59. The van der Waals surface area contributed by atoms with E-state index in [1.54, 1.807) is 25.6 Å². The Labute approximate surface area is 132 Å². The third kappa shape index (κ3) is 6.57. The first-order chi connectivity index (χ1) is 10.0. The number of nitrogens with zero attached hydrogens (tertiary/aromatic N) is 1. The van der Waals surface area contributed by atoms with Crippen LogP contribution in [0.1, 0.15) is 39.5 Å². The maximum Gasteiger partial charge on any atom is 0.305 e. The molecule has 0 radical (unpaired) electrons. The summed E-state index contributed by atoms with van der Waals surface area (Å²) in [5.74, 6) is 1.74. The van der Waals surface area contributed by atoms with E-state index in [1.807, 2.05) is 0 Å². The number of carbonyl (C=O) groups is 1. The van der Waals surface area contributed by atoms with Crippen molar-refractivity contribution >= 4 is 27.6 Å². The van der Waals surface area contributed by atoms with E-state index in [0.717, 1.165) is 38.1 Å². The Balaban J connectivity index is 2.30. The summed E-state index contributed by atoms with van der Waals surface area (Å²) in [5, 5.41) is -0.327. The number of unbranched alkanes of at least 4 members (excludes halogenated alkanes) is 2. The van der Waals surface area contributed by atoms with Gasteiger partial charge < -0.3 is 4.74 Å². The molecule has 1 saturated heterocycles. The summed E-state index contributed by atoms with van der Waals surface area (Å²) >= 11 is 1.72. The topological polar surface area (TPSA) is 63.7 Å². The summed E-state index contributed by atoms with van der Waals surface area (Å²) in [4.78, 5) is 13.3. The van der Waals surface area contributed by atoms with Gasteiger partial charge in [0.1, 0.15) is 5.37 Å². The number of hydrogen-bond acceptors (Lipinski definition) is 6. The van der Waals surface area contributed by atoms with Crippen molar-refractivity contribution in [1.82, 2.24) is 4.90 Å². The molecule has 0 aromatic carbocycles. The summed E-state index contributed by atoms with van der Waals surface area (Å²) < 4.78 is 29.1. The fraction of sp³-hybridized carbons (Fsp3) is 0.929. The van der Waals surface area contributed by atoms with E-state index in [0.29, 0.717) is 18.8 Å². The van der Waals surface area contributed by atoms with Crippen LogP contribution in [-0.2, 0) is 19.4 Å². The van der Waals surface area contributed by atoms with Crippen LogP contribution in [0.2, 0.25) is 0 Å². The van der Waals surface area contributed by atoms with Crippen LogP contribution in [-0.4, -0.2) is 61.6 Å². The lowest BCUT2D eigenvalue weighted by molar-refractivity contribution is -0.143. The van der Waals surface area contributed by atoms with Crippen LogP contribution in [0.4, 0.5) is 0 Å². The van der Waals surface area contributed by atoms with Gasteiger partial charge in [0.25, 0.3) is 0 Å². The van der Waals surface area contributed by atoms with Crippen LogP contribution in [0, 0.1) is 0 Å². The van der Waals surface area contributed by atoms with Crippen LogP contribution >= 0.6 is 11.8 Å². The molecule has 0 bridgehead atoms. The SMILES string of the molecule is CCOC(=O)CCCCCN1CCSCC1S(=O)(=O)CC. The number of thioether (sulfide) groups is 1. The van der Waals surface area contributed by atoms with E-state index in [9.17, 15) is 13.2 Å². The van der Waals surface area contributed by atoms with Crippen LogP contribution < -0.4 is 0 Å². The highest BCUT2D eigenvalue weighted by Crippen LogP contribution is 2.22. The Bertz CT molecular complexity index is 411. The predicted molar refractivity (Wildman–Crippen MR) is 87.2 cm³/mol. The molecule has 5 nitrogen and oxygen atoms in total. The van der Waals surface area contributed by atoms with Crippen molar-refractivity contribution < 1.29 is 17.9 Å². The molecule has 0 spiro atoms. The monoisotopic (exact) mass is 337 g/mol. The van der Waals surface area contributed by atoms with Crippen molar-refractivity contribution in [2.45, 2.75) is 44.9 Å². The van der Waals surface area contributed by atoms with E-state index in [1.165, 1.54) is 0 Å². The second-order valence-electron chi connectivity index (χ2n) is 5.13. The van der Waals surface area contributed by atoms with Crippen LogP contribution in [0.5, 0.6) is 0 Å². The van der Waals surface area contributed by atoms with Gasteiger partial charge in [-0.05, 0) is 26.3 Å². The summed E-state index contributed by atoms with van der Waals surface area (Å²) in [6, 6.07) is 0. The van der Waals surface area contributed by atoms with Crippen LogP contribution in [0.3, 0.4) is 0 Å². The van der Waals surface area contributed by atoms with E-state index >= 15 is 0 Å². The van der Waals surface area contributed by atoms with Gasteiger partial charge in [-0.1, -0.05) is 13.3 Å². The van der Waals surface area contributed by atoms with Crippen molar-refractivity contribution in [2.75, 3.05) is 37.0 Å². The molecule has 7 heteroatoms. The fourth-order valence-corrected chi connectivity index (χ4v) is 5.50. The van der Waals surface area contributed by atoms with Gasteiger partial charge in [-0.2, -0.15) is 11.8 Å². The van der Waals surface area contributed by atoms with Gasteiger partial charge in [-0.3, -0.25) is 9.69 Å². The number of hydrogen-bond donors (Lipinski definition) is 0. The quantitative estimate of drug-likeness (QED) is 0.473. The Morgan fingerprint density at radius 1 is 1.29 bits per heavy atom. The Hall–Kier alpha value is -0.270. The van der Waals surface area contributed by atoms with Crippen molar-refractivity contribution in [3.05, 3.63) is 0 Å². The van der Waals surface area contributed by atoms with Crippen molar-refractivity contribution in [3.8, 4) is 0 Å². The average Bonchev–Trinajstić information content (AvgIpc) is 2.47. The first-order valence-electron chi connectivity index (χ1n) is 7.70. The molecular formula is C14H27NO4S2. The molecule has 0 saturated carbocycles. The number of ether oxygens (including phenoxy) is 1. The standard InChI is InChI=1S/C14H27NO4S2/c1-3-19-14(16)8-6-5-7-9-15-10-11-20-12-13(15)21(17,18)4-2/h13H,3-12H2,1-2H3. The molecule has 124 valence electrons.